The molecule has 1 heterocycles. The highest BCUT2D eigenvalue weighted by Crippen LogP contribution is 2.19. The van der Waals surface area contributed by atoms with Gasteiger partial charge in [0.15, 0.2) is 0 Å². The quantitative estimate of drug-likeness (QED) is 0.578. The summed E-state index contributed by atoms with van der Waals surface area (Å²) in [6.45, 7) is 1.97. The Balaban J connectivity index is 2.70. The first-order chi connectivity index (χ1) is 5.66. The van der Waals surface area contributed by atoms with E-state index >= 15 is 0 Å². The number of nitrogens with zero attached hydrogens (tertiary/aromatic N) is 1. The molecule has 1 aromatic rings. The van der Waals surface area contributed by atoms with Crippen molar-refractivity contribution in [1.82, 2.24) is 9.97 Å². The van der Waals surface area contributed by atoms with Gasteiger partial charge in [0.05, 0.1) is 5.69 Å². The van der Waals surface area contributed by atoms with Crippen molar-refractivity contribution in [3.63, 3.8) is 0 Å². The van der Waals surface area contributed by atoms with Crippen molar-refractivity contribution in [2.75, 3.05) is 5.73 Å². The molecule has 12 heavy (non-hydrogen) atoms. The number of nitrogens with one attached hydrogen (secondary N) is 1. The number of aromatic nitrogens is 2. The number of fused-ring (bicyclic) bond motifs is 1. The van der Waals surface area contributed by atoms with Gasteiger partial charge in [-0.25, -0.2) is 4.98 Å². The summed E-state index contributed by atoms with van der Waals surface area (Å²) in [5.41, 5.74) is 7.85. The van der Waals surface area contributed by atoms with Gasteiger partial charge in [0.2, 0.25) is 5.95 Å². The first-order valence-electron chi connectivity index (χ1n) is 3.72. The minimum atomic E-state index is -0.120. The van der Waals surface area contributed by atoms with Gasteiger partial charge >= 0.3 is 0 Å². The van der Waals surface area contributed by atoms with Crippen molar-refractivity contribution < 1.29 is 0 Å². The molecule has 0 saturated carbocycles. The minimum Gasteiger partial charge on any atom is -0.369 e. The van der Waals surface area contributed by atoms with E-state index in [2.05, 4.69) is 9.97 Å². The van der Waals surface area contributed by atoms with Gasteiger partial charge in [0.25, 0.3) is 5.56 Å². The Bertz CT molecular complexity index is 417. The molecule has 4 heteroatoms. The van der Waals surface area contributed by atoms with Gasteiger partial charge in [-0.1, -0.05) is 5.57 Å². The molecule has 2 rings (SSSR count). The van der Waals surface area contributed by atoms with E-state index in [-0.39, 0.29) is 11.5 Å². The summed E-state index contributed by atoms with van der Waals surface area (Å²) < 4.78 is 0. The number of aromatic amines is 1. The second kappa shape index (κ2) is 2.20. The van der Waals surface area contributed by atoms with Gasteiger partial charge in [0.1, 0.15) is 0 Å². The van der Waals surface area contributed by atoms with Crippen LogP contribution in [0.15, 0.2) is 10.4 Å². The van der Waals surface area contributed by atoms with Gasteiger partial charge in [0, 0.05) is 12.0 Å². The molecule has 0 aliphatic heterocycles. The van der Waals surface area contributed by atoms with Crippen molar-refractivity contribution >= 4 is 12.0 Å². The zero-order valence-corrected chi connectivity index (χ0v) is 6.72. The summed E-state index contributed by atoms with van der Waals surface area (Å²) in [5, 5.41) is 0. The van der Waals surface area contributed by atoms with Gasteiger partial charge in [-0.3, -0.25) is 9.78 Å². The van der Waals surface area contributed by atoms with E-state index < -0.39 is 0 Å². The van der Waals surface area contributed by atoms with Gasteiger partial charge in [-0.15, -0.1) is 0 Å². The number of hydrogen-bond acceptors (Lipinski definition) is 3. The zero-order chi connectivity index (χ0) is 8.72. The van der Waals surface area contributed by atoms with Gasteiger partial charge < -0.3 is 5.73 Å². The van der Waals surface area contributed by atoms with Crippen LogP contribution >= 0.6 is 0 Å². The summed E-state index contributed by atoms with van der Waals surface area (Å²) >= 11 is 0. The van der Waals surface area contributed by atoms with E-state index in [1.165, 1.54) is 0 Å². The van der Waals surface area contributed by atoms with Crippen LogP contribution < -0.4 is 11.3 Å². The molecule has 0 saturated heterocycles. The summed E-state index contributed by atoms with van der Waals surface area (Å²) in [6.07, 6.45) is 2.58. The Kier molecular flexibility index (Phi) is 1.30. The lowest BCUT2D eigenvalue weighted by molar-refractivity contribution is 1.05. The summed E-state index contributed by atoms with van der Waals surface area (Å²) in [6, 6.07) is 0. The molecule has 1 aromatic heterocycles. The third-order valence-corrected chi connectivity index (χ3v) is 1.90. The summed E-state index contributed by atoms with van der Waals surface area (Å²) in [4.78, 5) is 17.7. The molecule has 62 valence electrons. The first kappa shape index (κ1) is 7.09. The van der Waals surface area contributed by atoms with E-state index in [9.17, 15) is 4.79 Å². The van der Waals surface area contributed by atoms with E-state index in [1.807, 2.05) is 13.0 Å². The fraction of sp³-hybridized carbons (Fsp3) is 0.250. The highest BCUT2D eigenvalue weighted by Gasteiger charge is 2.14. The maximum absolute atomic E-state index is 11.3. The molecular formula is C8H9N3O. The Hall–Kier alpha value is -1.58. The van der Waals surface area contributed by atoms with Gasteiger partial charge in [-0.05, 0) is 13.0 Å². The molecule has 0 aromatic carbocycles. The summed E-state index contributed by atoms with van der Waals surface area (Å²) in [7, 11) is 0. The molecule has 0 spiro atoms. The topological polar surface area (TPSA) is 71.8 Å². The monoisotopic (exact) mass is 163 g/mol. The minimum absolute atomic E-state index is 0.120. The lowest BCUT2D eigenvalue weighted by Crippen LogP contribution is -2.16. The molecule has 1 aliphatic rings. The van der Waals surface area contributed by atoms with Gasteiger partial charge in [-0.2, -0.15) is 0 Å². The van der Waals surface area contributed by atoms with Crippen LogP contribution in [0.3, 0.4) is 0 Å². The third kappa shape index (κ3) is 0.922. The smallest absolute Gasteiger partial charge is 0.256 e. The van der Waals surface area contributed by atoms with Crippen molar-refractivity contribution in [3.05, 3.63) is 27.2 Å². The molecule has 0 bridgehead atoms. The predicted molar refractivity (Wildman–Crippen MR) is 46.6 cm³/mol. The number of nitrogen functional groups attached to an aromatic ring is 1. The molecule has 0 atom stereocenters. The first-order valence-corrected chi connectivity index (χ1v) is 3.72. The molecule has 4 nitrogen and oxygen atoms in total. The Labute approximate surface area is 69.1 Å². The van der Waals surface area contributed by atoms with Crippen LogP contribution in [-0.4, -0.2) is 9.97 Å². The standard InChI is InChI=1S/C8H9N3O/c1-4-2-5-6(3-4)10-8(9)11-7(5)12/h3H,2H2,1H3,(H3,9,10,11,12). The van der Waals surface area contributed by atoms with E-state index in [4.69, 9.17) is 5.73 Å². The van der Waals surface area contributed by atoms with Crippen LogP contribution in [0.5, 0.6) is 0 Å². The van der Waals surface area contributed by atoms with Crippen LogP contribution in [0.4, 0.5) is 5.95 Å². The second-order valence-electron chi connectivity index (χ2n) is 2.98. The molecule has 0 radical (unpaired) electrons. The predicted octanol–water partition coefficient (Wildman–Crippen LogP) is 0.311. The average molecular weight is 163 g/mol. The number of rotatable bonds is 0. The van der Waals surface area contributed by atoms with E-state index in [1.54, 1.807) is 0 Å². The van der Waals surface area contributed by atoms with Crippen molar-refractivity contribution in [1.29, 1.82) is 0 Å². The summed E-state index contributed by atoms with van der Waals surface area (Å²) in [5.74, 6) is 0.185. The maximum atomic E-state index is 11.3. The molecule has 3 N–H and O–H groups in total. The highest BCUT2D eigenvalue weighted by atomic mass is 16.1. The lowest BCUT2D eigenvalue weighted by atomic mass is 10.2. The van der Waals surface area contributed by atoms with E-state index in [0.717, 1.165) is 11.1 Å². The van der Waals surface area contributed by atoms with Crippen molar-refractivity contribution in [2.45, 2.75) is 13.3 Å². The van der Waals surface area contributed by atoms with Crippen LogP contribution in [0.1, 0.15) is 18.2 Å². The Morgan fingerprint density at radius 1 is 1.67 bits per heavy atom. The molecule has 0 unspecified atom stereocenters. The molecule has 1 aliphatic carbocycles. The molecule has 0 fully saturated rings. The molecule has 0 amide bonds. The number of anilines is 1. The number of nitrogens with two attached hydrogens (primary N) is 1. The van der Waals surface area contributed by atoms with Crippen LogP contribution in [0.25, 0.3) is 6.08 Å². The largest absolute Gasteiger partial charge is 0.369 e. The zero-order valence-electron chi connectivity index (χ0n) is 6.72. The van der Waals surface area contributed by atoms with Crippen LogP contribution in [0, 0.1) is 0 Å². The van der Waals surface area contributed by atoms with Crippen molar-refractivity contribution in [2.24, 2.45) is 0 Å². The second-order valence-corrected chi connectivity index (χ2v) is 2.98. The van der Waals surface area contributed by atoms with Crippen molar-refractivity contribution in [3.8, 4) is 0 Å². The lowest BCUT2D eigenvalue weighted by Gasteiger charge is -1.96. The average Bonchev–Trinajstić information content (AvgIpc) is 2.29. The third-order valence-electron chi connectivity index (χ3n) is 1.90. The number of allylic oxidation sites excluding steroid dienone is 1. The number of hydrogen-bond donors (Lipinski definition) is 2. The number of H-pyrrole nitrogens is 1. The maximum Gasteiger partial charge on any atom is 0.256 e. The Morgan fingerprint density at radius 2 is 2.42 bits per heavy atom. The highest BCUT2D eigenvalue weighted by molar-refractivity contribution is 5.60. The molecular weight excluding hydrogens is 154 g/mol. The fourth-order valence-electron chi connectivity index (χ4n) is 1.39. The Morgan fingerprint density at radius 3 is 3.17 bits per heavy atom. The normalized spacial score (nSPS) is 14.2. The van der Waals surface area contributed by atoms with Crippen LogP contribution in [0.2, 0.25) is 0 Å². The van der Waals surface area contributed by atoms with Crippen LogP contribution in [-0.2, 0) is 6.42 Å². The fourth-order valence-corrected chi connectivity index (χ4v) is 1.39. The SMILES string of the molecule is CC1=Cc2nc(N)[nH]c(=O)c2C1. The van der Waals surface area contributed by atoms with E-state index in [0.29, 0.717) is 12.1 Å².